The minimum atomic E-state index is 0.00131. The van der Waals surface area contributed by atoms with E-state index in [2.05, 4.69) is 137 Å². The van der Waals surface area contributed by atoms with Gasteiger partial charge in [-0.25, -0.2) is 4.98 Å². The van der Waals surface area contributed by atoms with Crippen LogP contribution in [0.5, 0.6) is 0 Å². The first-order valence-electron chi connectivity index (χ1n) is 12.6. The number of benzene rings is 4. The molecule has 0 aliphatic heterocycles. The molecule has 4 heteroatoms. The predicted octanol–water partition coefficient (Wildman–Crippen LogP) is 9.19. The second-order valence-electron chi connectivity index (χ2n) is 9.13. The molecular weight excluding hydrogens is 518 g/mol. The van der Waals surface area contributed by atoms with Gasteiger partial charge < -0.3 is 0 Å². The highest BCUT2D eigenvalue weighted by Gasteiger charge is 2.25. The van der Waals surface area contributed by atoms with Gasteiger partial charge in [-0.3, -0.25) is 4.68 Å². The lowest BCUT2D eigenvalue weighted by Crippen LogP contribution is -2.15. The Labute approximate surface area is 225 Å². The van der Waals surface area contributed by atoms with Gasteiger partial charge in [-0.2, -0.15) is 5.10 Å². The number of hydrogen-bond donors (Lipinski definition) is 0. The fourth-order valence-corrected chi connectivity index (χ4v) is 5.47. The normalized spacial score (nSPS) is 12.1. The Morgan fingerprint density at radius 3 is 2.00 bits per heavy atom. The van der Waals surface area contributed by atoms with Gasteiger partial charge in [-0.1, -0.05) is 114 Å². The summed E-state index contributed by atoms with van der Waals surface area (Å²) in [7, 11) is 0. The van der Waals surface area contributed by atoms with Gasteiger partial charge in [0.05, 0.1) is 29.1 Å². The van der Waals surface area contributed by atoms with Crippen LogP contribution >= 0.6 is 15.9 Å². The fourth-order valence-electron chi connectivity index (χ4n) is 5.09. The van der Waals surface area contributed by atoms with Crippen molar-refractivity contribution in [1.29, 1.82) is 0 Å². The number of aromatic nitrogens is 3. The van der Waals surface area contributed by atoms with Crippen LogP contribution < -0.4 is 0 Å². The molecule has 0 saturated carbocycles. The average molecular weight is 544 g/mol. The summed E-state index contributed by atoms with van der Waals surface area (Å²) in [5, 5.41) is 6.02. The highest BCUT2D eigenvalue weighted by molar-refractivity contribution is 9.10. The lowest BCUT2D eigenvalue weighted by atomic mass is 9.88. The maximum Gasteiger partial charge on any atom is 0.0800 e. The molecule has 0 aliphatic carbocycles. The number of fused-ring (bicyclic) bond motifs is 1. The summed E-state index contributed by atoms with van der Waals surface area (Å²) in [5.74, 6) is 0. The highest BCUT2D eigenvalue weighted by Crippen LogP contribution is 2.41. The molecule has 2 aromatic heterocycles. The zero-order chi connectivity index (χ0) is 25.2. The van der Waals surface area contributed by atoms with Crippen LogP contribution in [-0.2, 0) is 0 Å². The summed E-state index contributed by atoms with van der Waals surface area (Å²) in [5.41, 5.74) is 8.82. The van der Waals surface area contributed by atoms with Gasteiger partial charge in [0.15, 0.2) is 0 Å². The molecular formula is C33H26BrN3. The second-order valence-corrected chi connectivity index (χ2v) is 10.0. The van der Waals surface area contributed by atoms with Crippen molar-refractivity contribution in [3.63, 3.8) is 0 Å². The molecule has 0 aliphatic rings. The van der Waals surface area contributed by atoms with E-state index in [4.69, 9.17) is 10.1 Å². The van der Waals surface area contributed by atoms with E-state index >= 15 is 0 Å². The van der Waals surface area contributed by atoms with E-state index in [1.807, 2.05) is 12.3 Å². The van der Waals surface area contributed by atoms with Crippen molar-refractivity contribution in [3.8, 4) is 33.6 Å². The summed E-state index contributed by atoms with van der Waals surface area (Å²) in [6.07, 6.45) is 2.83. The first kappa shape index (κ1) is 23.4. The van der Waals surface area contributed by atoms with E-state index in [0.29, 0.717) is 0 Å². The molecule has 37 heavy (non-hydrogen) atoms. The smallest absolute Gasteiger partial charge is 0.0800 e. The van der Waals surface area contributed by atoms with Crippen molar-refractivity contribution in [2.75, 3.05) is 0 Å². The third-order valence-electron chi connectivity index (χ3n) is 6.83. The lowest BCUT2D eigenvalue weighted by Gasteiger charge is -2.25. The largest absolute Gasteiger partial charge is 0.257 e. The Balaban J connectivity index is 1.68. The minimum absolute atomic E-state index is 0.00131. The van der Waals surface area contributed by atoms with Crippen LogP contribution in [0.3, 0.4) is 0 Å². The molecule has 1 atom stereocenters. The molecule has 0 N–H and O–H groups in total. The van der Waals surface area contributed by atoms with E-state index in [0.717, 1.165) is 44.3 Å². The molecule has 0 radical (unpaired) electrons. The summed E-state index contributed by atoms with van der Waals surface area (Å²) in [6, 6.07) is 40.2. The van der Waals surface area contributed by atoms with E-state index in [9.17, 15) is 0 Å². The Hall–Kier alpha value is -4.02. The summed E-state index contributed by atoms with van der Waals surface area (Å²) in [6.45, 7) is 2.23. The Bertz CT molecular complexity index is 1600. The molecule has 3 nitrogen and oxygen atoms in total. The SMILES string of the molecule is CCC(c1c(-c2ccccc2)cc(-c2ccccc2)nc1-c1ccccc1)n1ncc2cc(Br)ccc21. The Kier molecular flexibility index (Phi) is 6.42. The number of hydrogen-bond acceptors (Lipinski definition) is 2. The van der Waals surface area contributed by atoms with Crippen LogP contribution in [0.1, 0.15) is 24.9 Å². The van der Waals surface area contributed by atoms with E-state index in [1.54, 1.807) is 0 Å². The monoisotopic (exact) mass is 543 g/mol. The second kappa shape index (κ2) is 10.2. The molecule has 0 amide bonds. The molecule has 0 spiro atoms. The van der Waals surface area contributed by atoms with Gasteiger partial charge in [0.2, 0.25) is 0 Å². The fraction of sp³-hybridized carbons (Fsp3) is 0.0909. The molecule has 6 rings (SSSR count). The number of pyridine rings is 1. The summed E-state index contributed by atoms with van der Waals surface area (Å²) >= 11 is 3.61. The zero-order valence-corrected chi connectivity index (χ0v) is 22.1. The first-order chi connectivity index (χ1) is 18.2. The van der Waals surface area contributed by atoms with Crippen LogP contribution in [0, 0.1) is 0 Å². The van der Waals surface area contributed by atoms with Crippen molar-refractivity contribution >= 4 is 26.8 Å². The van der Waals surface area contributed by atoms with Crippen LogP contribution in [0.15, 0.2) is 126 Å². The van der Waals surface area contributed by atoms with Gasteiger partial charge in [0, 0.05) is 26.5 Å². The van der Waals surface area contributed by atoms with Gasteiger partial charge >= 0.3 is 0 Å². The molecule has 0 bridgehead atoms. The van der Waals surface area contributed by atoms with Crippen LogP contribution in [0.2, 0.25) is 0 Å². The lowest BCUT2D eigenvalue weighted by molar-refractivity contribution is 0.526. The summed E-state index contributed by atoms with van der Waals surface area (Å²) in [4.78, 5) is 5.32. The summed E-state index contributed by atoms with van der Waals surface area (Å²) < 4.78 is 3.22. The third kappa shape index (κ3) is 4.49. The average Bonchev–Trinajstić information content (AvgIpc) is 3.37. The first-order valence-corrected chi connectivity index (χ1v) is 13.4. The highest BCUT2D eigenvalue weighted by atomic mass is 79.9. The molecule has 0 saturated heterocycles. The number of halogens is 1. The van der Waals surface area contributed by atoms with Gasteiger partial charge in [-0.15, -0.1) is 0 Å². The predicted molar refractivity (Wildman–Crippen MR) is 156 cm³/mol. The van der Waals surface area contributed by atoms with Crippen molar-refractivity contribution in [2.24, 2.45) is 0 Å². The van der Waals surface area contributed by atoms with E-state index < -0.39 is 0 Å². The van der Waals surface area contributed by atoms with Crippen LogP contribution in [-0.4, -0.2) is 14.8 Å². The van der Waals surface area contributed by atoms with Gasteiger partial charge in [-0.05, 0) is 41.8 Å². The maximum absolute atomic E-state index is 5.32. The Morgan fingerprint density at radius 1 is 0.730 bits per heavy atom. The van der Waals surface area contributed by atoms with Gasteiger partial charge in [0.25, 0.3) is 0 Å². The molecule has 180 valence electrons. The molecule has 2 heterocycles. The molecule has 6 aromatic rings. The maximum atomic E-state index is 5.32. The molecule has 1 unspecified atom stereocenters. The van der Waals surface area contributed by atoms with E-state index in [1.165, 1.54) is 16.7 Å². The van der Waals surface area contributed by atoms with E-state index in [-0.39, 0.29) is 6.04 Å². The van der Waals surface area contributed by atoms with Crippen molar-refractivity contribution in [3.05, 3.63) is 131 Å². The Morgan fingerprint density at radius 2 is 1.35 bits per heavy atom. The third-order valence-corrected chi connectivity index (χ3v) is 7.33. The van der Waals surface area contributed by atoms with Crippen LogP contribution in [0.25, 0.3) is 44.5 Å². The van der Waals surface area contributed by atoms with Crippen molar-refractivity contribution < 1.29 is 0 Å². The minimum Gasteiger partial charge on any atom is -0.257 e. The molecule has 0 fully saturated rings. The van der Waals surface area contributed by atoms with Crippen LogP contribution in [0.4, 0.5) is 0 Å². The number of nitrogens with zero attached hydrogens (tertiary/aromatic N) is 3. The molecule has 4 aromatic carbocycles. The number of rotatable bonds is 6. The standard InChI is InChI=1S/C33H26BrN3/c1-2-30(37-31-19-18-27(34)20-26(31)22-35-37)32-28(23-12-6-3-7-13-23)21-29(24-14-8-4-9-15-24)36-33(32)25-16-10-5-11-17-25/h3-22,30H,2H2,1H3. The van der Waals surface area contributed by atoms with Gasteiger partial charge in [0.1, 0.15) is 0 Å². The topological polar surface area (TPSA) is 30.7 Å². The van der Waals surface area contributed by atoms with Crippen molar-refractivity contribution in [2.45, 2.75) is 19.4 Å². The quantitative estimate of drug-likeness (QED) is 0.209. The zero-order valence-electron chi connectivity index (χ0n) is 20.6. The van der Waals surface area contributed by atoms with Crippen molar-refractivity contribution in [1.82, 2.24) is 14.8 Å².